The van der Waals surface area contributed by atoms with Crippen molar-refractivity contribution in [1.29, 1.82) is 0 Å². The molecule has 17 heteroatoms. The van der Waals surface area contributed by atoms with Crippen LogP contribution in [0.4, 0.5) is 0 Å². The van der Waals surface area contributed by atoms with Crippen molar-refractivity contribution in [2.75, 3.05) is 26.7 Å². The van der Waals surface area contributed by atoms with E-state index in [4.69, 9.17) is 24.7 Å². The Bertz CT molecular complexity index is 1630. The van der Waals surface area contributed by atoms with Gasteiger partial charge in [-0.1, -0.05) is 6.07 Å². The van der Waals surface area contributed by atoms with Crippen molar-refractivity contribution in [3.8, 4) is 11.5 Å². The predicted molar refractivity (Wildman–Crippen MR) is 185 cm³/mol. The number of rotatable bonds is 16. The Morgan fingerprint density at radius 2 is 1.85 bits per heavy atom. The zero-order valence-corrected chi connectivity index (χ0v) is 30.6. The Morgan fingerprint density at radius 1 is 1.13 bits per heavy atom. The number of amides is 2. The van der Waals surface area contributed by atoms with E-state index in [0.717, 1.165) is 12.5 Å². The first-order valence-electron chi connectivity index (χ1n) is 17.7. The fourth-order valence-electron chi connectivity index (χ4n) is 7.44. The first-order valence-corrected chi connectivity index (χ1v) is 17.7. The summed E-state index contributed by atoms with van der Waals surface area (Å²) < 4.78 is 22.2. The highest BCUT2D eigenvalue weighted by Crippen LogP contribution is 2.62. The molecule has 2 heterocycles. The van der Waals surface area contributed by atoms with Crippen molar-refractivity contribution in [3.63, 3.8) is 0 Å². The summed E-state index contributed by atoms with van der Waals surface area (Å²) in [6.07, 6.45) is -2.48. The highest BCUT2D eigenvalue weighted by molar-refractivity contribution is 5.88. The third-order valence-corrected chi connectivity index (χ3v) is 10.4. The molecule has 1 fully saturated rings. The van der Waals surface area contributed by atoms with Gasteiger partial charge < -0.3 is 55.5 Å². The Morgan fingerprint density at radius 3 is 2.51 bits per heavy atom. The molecule has 53 heavy (non-hydrogen) atoms. The molecule has 7 N–H and O–H groups in total. The Hall–Kier alpha value is -4.74. The first kappa shape index (κ1) is 41.0. The van der Waals surface area contributed by atoms with Crippen LogP contribution in [0.2, 0.25) is 0 Å². The maximum absolute atomic E-state index is 13.5. The van der Waals surface area contributed by atoms with Crippen LogP contribution in [0.3, 0.4) is 0 Å². The lowest BCUT2D eigenvalue weighted by Crippen LogP contribution is -2.71. The number of aromatic hydroxyl groups is 1. The van der Waals surface area contributed by atoms with E-state index in [9.17, 15) is 44.1 Å². The minimum atomic E-state index is -1.93. The molecule has 1 aliphatic carbocycles. The number of phenolic OH excluding ortho intramolecular Hbond substituents is 1. The number of hydrogen-bond donors (Lipinski definition) is 6. The normalized spacial score (nSPS) is 24.8. The lowest BCUT2D eigenvalue weighted by atomic mass is 9.54. The van der Waals surface area contributed by atoms with Crippen LogP contribution in [-0.2, 0) is 48.4 Å². The predicted octanol–water partition coefficient (Wildman–Crippen LogP) is 0.444. The SMILES string of the molecule is CC(=O)N[C@@H](CCCCN)C(=O)NCCC(=O)O[C@@H](CC(=O)OC1=CC[C@@]2(O)[C@@H](C)N(C)CC[C@@]23c2c(C)ccc(O)c2O[C@@H]13)C(=O)O[C@@H](C)C(=O)O. The molecule has 0 radical (unpaired) electrons. The van der Waals surface area contributed by atoms with Crippen LogP contribution in [0.15, 0.2) is 24.0 Å². The molecule has 1 aromatic carbocycles. The summed E-state index contributed by atoms with van der Waals surface area (Å²) >= 11 is 0. The van der Waals surface area contributed by atoms with Crippen LogP contribution < -0.4 is 21.1 Å². The second-order valence-electron chi connectivity index (χ2n) is 13.9. The lowest BCUT2D eigenvalue weighted by Gasteiger charge is -2.58. The number of aryl methyl sites for hydroxylation is 1. The number of unbranched alkanes of at least 4 members (excludes halogenated alkanes) is 1. The van der Waals surface area contributed by atoms with Crippen molar-refractivity contribution in [3.05, 3.63) is 35.1 Å². The fourth-order valence-corrected chi connectivity index (χ4v) is 7.44. The Balaban J connectivity index is 1.50. The van der Waals surface area contributed by atoms with Gasteiger partial charge in [-0.15, -0.1) is 0 Å². The topological polar surface area (TPSA) is 253 Å². The number of esters is 3. The zero-order valence-electron chi connectivity index (χ0n) is 30.6. The number of phenols is 1. The number of carboxylic acid groups (broad SMARTS) is 1. The van der Waals surface area contributed by atoms with Crippen LogP contribution in [0.25, 0.3) is 0 Å². The van der Waals surface area contributed by atoms with Crippen LogP contribution >= 0.6 is 0 Å². The quantitative estimate of drug-likeness (QED) is 0.0763. The number of likely N-dealkylation sites (N-methyl/N-ethyl adjacent to an activating group) is 1. The van der Waals surface area contributed by atoms with Gasteiger partial charge in [0.25, 0.3) is 0 Å². The average Bonchev–Trinajstić information content (AvgIpc) is 3.46. The van der Waals surface area contributed by atoms with Gasteiger partial charge in [-0.25, -0.2) is 9.59 Å². The van der Waals surface area contributed by atoms with Gasteiger partial charge in [0.05, 0.1) is 23.9 Å². The number of carbonyl (C=O) groups excluding carboxylic acids is 5. The monoisotopic (exact) mass is 746 g/mol. The minimum Gasteiger partial charge on any atom is -0.504 e. The highest BCUT2D eigenvalue weighted by atomic mass is 16.6. The van der Waals surface area contributed by atoms with Crippen molar-refractivity contribution in [1.82, 2.24) is 15.5 Å². The van der Waals surface area contributed by atoms with Gasteiger partial charge in [-0.3, -0.25) is 19.2 Å². The van der Waals surface area contributed by atoms with E-state index in [0.29, 0.717) is 44.3 Å². The van der Waals surface area contributed by atoms with Crippen molar-refractivity contribution >= 4 is 35.7 Å². The number of carbonyl (C=O) groups is 6. The molecular weight excluding hydrogens is 696 g/mol. The molecule has 2 amide bonds. The second-order valence-corrected chi connectivity index (χ2v) is 13.9. The van der Waals surface area contributed by atoms with E-state index in [1.54, 1.807) is 6.07 Å². The molecule has 2 aliphatic heterocycles. The minimum absolute atomic E-state index is 0.0201. The van der Waals surface area contributed by atoms with E-state index < -0.39 is 83.9 Å². The molecule has 0 unspecified atom stereocenters. The number of piperidine rings is 1. The van der Waals surface area contributed by atoms with Gasteiger partial charge >= 0.3 is 23.9 Å². The maximum atomic E-state index is 13.5. The number of nitrogens with one attached hydrogen (secondary N) is 2. The molecule has 1 aromatic rings. The molecule has 7 atom stereocenters. The average molecular weight is 747 g/mol. The molecular formula is C36H50N4O13. The molecule has 0 saturated carbocycles. The van der Waals surface area contributed by atoms with Crippen molar-refractivity contribution in [2.45, 2.75) is 114 Å². The van der Waals surface area contributed by atoms with Crippen molar-refractivity contribution in [2.24, 2.45) is 5.73 Å². The smallest absolute Gasteiger partial charge is 0.348 e. The molecule has 4 rings (SSSR count). The van der Waals surface area contributed by atoms with Crippen molar-refractivity contribution < 1.29 is 63.0 Å². The van der Waals surface area contributed by atoms with Crippen LogP contribution in [0.1, 0.15) is 76.8 Å². The van der Waals surface area contributed by atoms with E-state index in [-0.39, 0.29) is 36.3 Å². The number of benzene rings is 1. The summed E-state index contributed by atoms with van der Waals surface area (Å²) in [5, 5.41) is 37.5. The number of hydrogen-bond acceptors (Lipinski definition) is 14. The van der Waals surface area contributed by atoms with E-state index in [1.165, 1.54) is 19.1 Å². The standard InChI is InChI=1S/C36H50N4O13/c1-19-9-10-24(42)30-29(19)35-14-17-40(5)21(3)36(35,49)13-11-25(31(35)53-30)51-28(44)18-26(34(48)50-20(2)33(46)47)52-27(43)12-16-38-32(45)23(39-22(4)41)8-6-7-15-37/h9-11,20-21,23,26,31,42,49H,6-8,12-18,37H2,1-5H3,(H,38,45)(H,39,41)(H,46,47)/t20-,21+,23-,26-,31-,35-,36+/m0/s1. The lowest BCUT2D eigenvalue weighted by molar-refractivity contribution is -0.179. The first-order chi connectivity index (χ1) is 25.0. The number of fused-ring (bicyclic) bond motifs is 1. The van der Waals surface area contributed by atoms with Crippen LogP contribution in [0.5, 0.6) is 11.5 Å². The third kappa shape index (κ3) is 8.57. The van der Waals surface area contributed by atoms with Gasteiger partial charge in [-0.2, -0.15) is 0 Å². The molecule has 0 bridgehead atoms. The van der Waals surface area contributed by atoms with E-state index >= 15 is 0 Å². The van der Waals surface area contributed by atoms with Crippen LogP contribution in [-0.4, -0.2) is 119 Å². The number of likely N-dealkylation sites (tertiary alicyclic amines) is 1. The summed E-state index contributed by atoms with van der Waals surface area (Å²) in [6, 6.07) is 1.97. The molecule has 0 aromatic heterocycles. The second kappa shape index (κ2) is 16.9. The summed E-state index contributed by atoms with van der Waals surface area (Å²) in [7, 11) is 1.89. The summed E-state index contributed by atoms with van der Waals surface area (Å²) in [4.78, 5) is 77.1. The third-order valence-electron chi connectivity index (χ3n) is 10.4. The zero-order chi connectivity index (χ0) is 39.2. The van der Waals surface area contributed by atoms with Crippen LogP contribution in [0, 0.1) is 6.92 Å². The number of ether oxygens (including phenoxy) is 4. The largest absolute Gasteiger partial charge is 0.504 e. The summed E-state index contributed by atoms with van der Waals surface area (Å²) in [6.45, 7) is 6.78. The van der Waals surface area contributed by atoms with Gasteiger partial charge in [0.1, 0.15) is 11.8 Å². The number of aliphatic hydroxyl groups is 1. The number of carboxylic acids is 1. The maximum Gasteiger partial charge on any atom is 0.348 e. The Kier molecular flexibility index (Phi) is 13.1. The molecule has 1 saturated heterocycles. The molecule has 3 aliphatic rings. The number of aliphatic carboxylic acids is 1. The van der Waals surface area contributed by atoms with Gasteiger partial charge in [0.15, 0.2) is 23.7 Å². The molecule has 1 spiro atoms. The van der Waals surface area contributed by atoms with Gasteiger partial charge in [0, 0.05) is 31.5 Å². The molecule has 17 nitrogen and oxygen atoms in total. The fraction of sp³-hybridized carbons (Fsp3) is 0.611. The van der Waals surface area contributed by atoms with E-state index in [1.807, 2.05) is 25.8 Å². The molecule has 292 valence electrons. The number of nitrogens with two attached hydrogens (primary N) is 1. The van der Waals surface area contributed by atoms with Gasteiger partial charge in [-0.05, 0) is 84.3 Å². The summed E-state index contributed by atoms with van der Waals surface area (Å²) in [5.41, 5.74) is 4.35. The highest BCUT2D eigenvalue weighted by Gasteiger charge is 2.69. The van der Waals surface area contributed by atoms with Gasteiger partial charge in [0.2, 0.25) is 17.9 Å². The Labute approximate surface area is 307 Å². The van der Waals surface area contributed by atoms with E-state index in [2.05, 4.69) is 10.6 Å². The summed E-state index contributed by atoms with van der Waals surface area (Å²) in [5.74, 6) is -5.82. The number of nitrogens with zero attached hydrogens (tertiary/aromatic N) is 1.